The van der Waals surface area contributed by atoms with E-state index in [1.54, 1.807) is 6.08 Å². The Kier molecular flexibility index (Phi) is 7.94. The van der Waals surface area contributed by atoms with E-state index >= 15 is 0 Å². The predicted octanol–water partition coefficient (Wildman–Crippen LogP) is 0.722. The topological polar surface area (TPSA) is 83.5 Å². The highest BCUT2D eigenvalue weighted by Gasteiger charge is 1.85. The van der Waals surface area contributed by atoms with Crippen LogP contribution in [0.15, 0.2) is 36.4 Å². The van der Waals surface area contributed by atoms with E-state index in [-0.39, 0.29) is 6.61 Å². The average Bonchev–Trinajstić information content (AvgIpc) is 2.28. The van der Waals surface area contributed by atoms with Crippen LogP contribution in [-0.2, 0) is 4.79 Å². The summed E-state index contributed by atoms with van der Waals surface area (Å²) in [6.45, 7) is 0.472. The molecule has 1 aromatic carbocycles. The molecule has 4 nitrogen and oxygen atoms in total. The molecule has 0 bridgehead atoms. The molecule has 1 aromatic rings. The van der Waals surface area contributed by atoms with Gasteiger partial charge in [0, 0.05) is 12.6 Å². The molecule has 0 heterocycles. The summed E-state index contributed by atoms with van der Waals surface area (Å²) in [6, 6.07) is 9.31. The molecule has 4 N–H and O–H groups in total. The van der Waals surface area contributed by atoms with Gasteiger partial charge in [-0.3, -0.25) is 0 Å². The molecule has 0 aliphatic heterocycles. The first-order chi connectivity index (χ1) is 7.20. The zero-order valence-electron chi connectivity index (χ0n) is 8.34. The van der Waals surface area contributed by atoms with E-state index in [0.717, 1.165) is 11.6 Å². The lowest BCUT2D eigenvalue weighted by atomic mass is 10.2. The van der Waals surface area contributed by atoms with Gasteiger partial charge in [-0.2, -0.15) is 0 Å². The number of benzene rings is 1. The highest BCUT2D eigenvalue weighted by atomic mass is 16.4. The van der Waals surface area contributed by atoms with E-state index in [1.165, 1.54) is 0 Å². The van der Waals surface area contributed by atoms with Crippen molar-refractivity contribution >= 4 is 12.0 Å². The summed E-state index contributed by atoms with van der Waals surface area (Å²) in [5, 5.41) is 16.0. The van der Waals surface area contributed by atoms with Gasteiger partial charge in [-0.25, -0.2) is 4.79 Å². The van der Waals surface area contributed by atoms with Crippen LogP contribution in [0.25, 0.3) is 6.08 Å². The van der Waals surface area contributed by atoms with Crippen molar-refractivity contribution in [3.63, 3.8) is 0 Å². The lowest BCUT2D eigenvalue weighted by molar-refractivity contribution is -0.131. The van der Waals surface area contributed by atoms with Crippen LogP contribution in [0.5, 0.6) is 0 Å². The minimum atomic E-state index is -0.922. The fourth-order valence-corrected chi connectivity index (χ4v) is 0.732. The molecule has 0 unspecified atom stereocenters. The Labute approximate surface area is 88.7 Å². The van der Waals surface area contributed by atoms with Crippen molar-refractivity contribution in [3.05, 3.63) is 42.0 Å². The van der Waals surface area contributed by atoms with E-state index in [9.17, 15) is 4.79 Å². The fourth-order valence-electron chi connectivity index (χ4n) is 0.732. The molecule has 0 saturated heterocycles. The average molecular weight is 209 g/mol. The van der Waals surface area contributed by atoms with Gasteiger partial charge in [0.1, 0.15) is 0 Å². The van der Waals surface area contributed by atoms with Crippen molar-refractivity contribution in [2.24, 2.45) is 5.73 Å². The Hall–Kier alpha value is -1.65. The molecule has 0 amide bonds. The number of rotatable bonds is 3. The maximum Gasteiger partial charge on any atom is 0.328 e. The summed E-state index contributed by atoms with van der Waals surface area (Å²) in [5.74, 6) is -0.922. The van der Waals surface area contributed by atoms with Crippen molar-refractivity contribution in [3.8, 4) is 0 Å². The quantitative estimate of drug-likeness (QED) is 0.640. The summed E-state index contributed by atoms with van der Waals surface area (Å²) >= 11 is 0. The summed E-state index contributed by atoms with van der Waals surface area (Å²) in [4.78, 5) is 10.1. The molecular weight excluding hydrogens is 194 g/mol. The summed E-state index contributed by atoms with van der Waals surface area (Å²) in [7, 11) is 0. The van der Waals surface area contributed by atoms with Gasteiger partial charge in [-0.15, -0.1) is 0 Å². The molecule has 82 valence electrons. The third kappa shape index (κ3) is 8.67. The van der Waals surface area contributed by atoms with Crippen LogP contribution in [0.1, 0.15) is 5.56 Å². The van der Waals surface area contributed by atoms with Crippen LogP contribution in [0.4, 0.5) is 0 Å². The summed E-state index contributed by atoms with van der Waals surface area (Å²) in [6.07, 6.45) is 2.68. The standard InChI is InChI=1S/C9H8O2.C2H7NO/c10-9(11)7-6-8-4-2-1-3-5-8;3-1-2-4/h1-7H,(H,10,11);4H,1-3H2/b7-6+;. The number of carboxylic acids is 1. The molecule has 15 heavy (non-hydrogen) atoms. The lowest BCUT2D eigenvalue weighted by Crippen LogP contribution is -2.02. The van der Waals surface area contributed by atoms with Crippen LogP contribution >= 0.6 is 0 Å². The maximum absolute atomic E-state index is 10.1. The summed E-state index contributed by atoms with van der Waals surface area (Å²) in [5.41, 5.74) is 5.68. The number of nitrogens with two attached hydrogens (primary N) is 1. The van der Waals surface area contributed by atoms with Gasteiger partial charge in [0.15, 0.2) is 0 Å². The fraction of sp³-hybridized carbons (Fsp3) is 0.182. The Morgan fingerprint density at radius 1 is 1.33 bits per heavy atom. The van der Waals surface area contributed by atoms with Crippen LogP contribution in [0.2, 0.25) is 0 Å². The van der Waals surface area contributed by atoms with Crippen LogP contribution < -0.4 is 5.73 Å². The maximum atomic E-state index is 10.1. The zero-order chi connectivity index (χ0) is 11.5. The van der Waals surface area contributed by atoms with Crippen molar-refractivity contribution in [1.29, 1.82) is 0 Å². The van der Waals surface area contributed by atoms with Crippen LogP contribution in [0.3, 0.4) is 0 Å². The van der Waals surface area contributed by atoms with Crippen molar-refractivity contribution < 1.29 is 15.0 Å². The van der Waals surface area contributed by atoms with Gasteiger partial charge in [0.05, 0.1) is 6.61 Å². The third-order valence-electron chi connectivity index (χ3n) is 1.35. The van der Waals surface area contributed by atoms with Crippen LogP contribution in [0, 0.1) is 0 Å². The van der Waals surface area contributed by atoms with Gasteiger partial charge in [-0.05, 0) is 11.6 Å². The van der Waals surface area contributed by atoms with Gasteiger partial charge < -0.3 is 15.9 Å². The number of aliphatic hydroxyl groups is 1. The second-order valence-electron chi connectivity index (χ2n) is 2.59. The Morgan fingerprint density at radius 2 is 1.87 bits per heavy atom. The zero-order valence-corrected chi connectivity index (χ0v) is 8.34. The first-order valence-corrected chi connectivity index (χ1v) is 4.47. The molecule has 0 spiro atoms. The lowest BCUT2D eigenvalue weighted by Gasteiger charge is -1.87. The molecule has 0 aromatic heterocycles. The van der Waals surface area contributed by atoms with Crippen LogP contribution in [-0.4, -0.2) is 29.3 Å². The molecule has 0 aliphatic carbocycles. The van der Waals surface area contributed by atoms with E-state index in [0.29, 0.717) is 6.54 Å². The molecule has 1 rings (SSSR count). The van der Waals surface area contributed by atoms with E-state index in [1.807, 2.05) is 30.3 Å². The molecule has 0 aliphatic rings. The second-order valence-corrected chi connectivity index (χ2v) is 2.59. The SMILES string of the molecule is NCCO.O=C(O)/C=C/c1ccccc1. The third-order valence-corrected chi connectivity index (χ3v) is 1.35. The minimum absolute atomic E-state index is 0.0972. The van der Waals surface area contributed by atoms with Gasteiger partial charge in [-0.1, -0.05) is 30.3 Å². The Morgan fingerprint density at radius 3 is 2.27 bits per heavy atom. The van der Waals surface area contributed by atoms with Crippen molar-refractivity contribution in [1.82, 2.24) is 0 Å². The van der Waals surface area contributed by atoms with E-state index < -0.39 is 5.97 Å². The largest absolute Gasteiger partial charge is 0.478 e. The normalized spacial score (nSPS) is 9.47. The van der Waals surface area contributed by atoms with E-state index in [2.05, 4.69) is 0 Å². The highest BCUT2D eigenvalue weighted by molar-refractivity contribution is 5.85. The second kappa shape index (κ2) is 8.93. The predicted molar refractivity (Wildman–Crippen MR) is 59.3 cm³/mol. The number of aliphatic hydroxyl groups excluding tert-OH is 1. The van der Waals surface area contributed by atoms with E-state index in [4.69, 9.17) is 15.9 Å². The number of carboxylic acid groups (broad SMARTS) is 1. The molecule has 0 fully saturated rings. The molecule has 0 atom stereocenters. The van der Waals surface area contributed by atoms with Gasteiger partial charge >= 0.3 is 5.97 Å². The first kappa shape index (κ1) is 13.4. The molecular formula is C11H15NO3. The number of hydrogen-bond acceptors (Lipinski definition) is 3. The number of aliphatic carboxylic acids is 1. The highest BCUT2D eigenvalue weighted by Crippen LogP contribution is 1.99. The smallest absolute Gasteiger partial charge is 0.328 e. The van der Waals surface area contributed by atoms with Crippen molar-refractivity contribution in [2.75, 3.05) is 13.2 Å². The van der Waals surface area contributed by atoms with Gasteiger partial charge in [0.2, 0.25) is 0 Å². The van der Waals surface area contributed by atoms with Gasteiger partial charge in [0.25, 0.3) is 0 Å². The molecule has 4 heteroatoms. The Bertz CT molecular complexity index is 294. The minimum Gasteiger partial charge on any atom is -0.478 e. The monoisotopic (exact) mass is 209 g/mol. The molecule has 0 radical (unpaired) electrons. The van der Waals surface area contributed by atoms with Crippen molar-refractivity contribution in [2.45, 2.75) is 0 Å². The Balaban J connectivity index is 0.000000423. The number of hydrogen-bond donors (Lipinski definition) is 3. The number of carbonyl (C=O) groups is 1. The molecule has 0 saturated carbocycles. The summed E-state index contributed by atoms with van der Waals surface area (Å²) < 4.78 is 0. The first-order valence-electron chi connectivity index (χ1n) is 4.47.